The number of hydrogen-bond acceptors (Lipinski definition) is 5. The molecule has 2 heterocycles. The molecule has 8 nitrogen and oxygen atoms in total. The second kappa shape index (κ2) is 9.36. The number of nitrogens with one attached hydrogen (secondary N) is 2. The maximum Gasteiger partial charge on any atom is 0.325 e. The maximum atomic E-state index is 13.0. The van der Waals surface area contributed by atoms with Gasteiger partial charge >= 0.3 is 6.03 Å². The summed E-state index contributed by atoms with van der Waals surface area (Å²) >= 11 is 0. The minimum absolute atomic E-state index is 0.0170. The monoisotopic (exact) mass is 428 g/mol. The minimum Gasteiger partial charge on any atom is -0.379 e. The highest BCUT2D eigenvalue weighted by Crippen LogP contribution is 2.36. The standard InChI is InChI=1S/C23H32N4O4/c1-17-7-9-23(10-8-17)21(29)27(22(30)25-23)16-20(28)24-15-19(18-5-3-2-4-6-18)26-11-13-31-14-12-26/h2-6,17,19H,7-16H2,1H3,(H,24,28)(H,25,30). The molecule has 8 heteroatoms. The summed E-state index contributed by atoms with van der Waals surface area (Å²) < 4.78 is 5.47. The van der Waals surface area contributed by atoms with Gasteiger partial charge in [-0.3, -0.25) is 19.4 Å². The largest absolute Gasteiger partial charge is 0.379 e. The van der Waals surface area contributed by atoms with Crippen molar-refractivity contribution in [2.24, 2.45) is 5.92 Å². The van der Waals surface area contributed by atoms with Gasteiger partial charge in [-0.25, -0.2) is 4.79 Å². The van der Waals surface area contributed by atoms with Crippen LogP contribution >= 0.6 is 0 Å². The van der Waals surface area contributed by atoms with Gasteiger partial charge in [0.05, 0.1) is 19.3 Å². The molecule has 1 unspecified atom stereocenters. The minimum atomic E-state index is -0.815. The Hall–Kier alpha value is -2.45. The van der Waals surface area contributed by atoms with Crippen molar-refractivity contribution < 1.29 is 19.1 Å². The van der Waals surface area contributed by atoms with Gasteiger partial charge in [0.25, 0.3) is 5.91 Å². The van der Waals surface area contributed by atoms with E-state index in [1.54, 1.807) is 0 Å². The predicted molar refractivity (Wildman–Crippen MR) is 115 cm³/mol. The Kier molecular flexibility index (Phi) is 6.57. The number of amides is 4. The van der Waals surface area contributed by atoms with Gasteiger partial charge in [-0.05, 0) is 37.2 Å². The summed E-state index contributed by atoms with van der Waals surface area (Å²) in [6.07, 6.45) is 3.10. The number of morpholine rings is 1. The second-order valence-electron chi connectivity index (χ2n) is 8.96. The van der Waals surface area contributed by atoms with E-state index in [4.69, 9.17) is 4.74 Å². The van der Waals surface area contributed by atoms with Crippen LogP contribution in [0.1, 0.15) is 44.2 Å². The van der Waals surface area contributed by atoms with Crippen molar-refractivity contribution in [1.82, 2.24) is 20.4 Å². The smallest absolute Gasteiger partial charge is 0.325 e. The van der Waals surface area contributed by atoms with Gasteiger partial charge in [0.1, 0.15) is 12.1 Å². The zero-order valence-electron chi connectivity index (χ0n) is 18.1. The Morgan fingerprint density at radius 3 is 2.55 bits per heavy atom. The van der Waals surface area contributed by atoms with Crippen LogP contribution in [0, 0.1) is 5.92 Å². The summed E-state index contributed by atoms with van der Waals surface area (Å²) in [6.45, 7) is 5.26. The first kappa shape index (κ1) is 21.8. The molecule has 1 aromatic rings. The average Bonchev–Trinajstić information content (AvgIpc) is 3.01. The van der Waals surface area contributed by atoms with Crippen LogP contribution < -0.4 is 10.6 Å². The summed E-state index contributed by atoms with van der Waals surface area (Å²) in [7, 11) is 0. The number of urea groups is 1. The fraction of sp³-hybridized carbons (Fsp3) is 0.609. The Morgan fingerprint density at radius 2 is 1.87 bits per heavy atom. The van der Waals surface area contributed by atoms with Crippen molar-refractivity contribution in [2.75, 3.05) is 39.4 Å². The third kappa shape index (κ3) is 4.75. The second-order valence-corrected chi connectivity index (χ2v) is 8.96. The molecular formula is C23H32N4O4. The predicted octanol–water partition coefficient (Wildman–Crippen LogP) is 1.68. The molecule has 0 bridgehead atoms. The fourth-order valence-electron chi connectivity index (χ4n) is 4.85. The highest BCUT2D eigenvalue weighted by Gasteiger charge is 2.52. The average molecular weight is 429 g/mol. The maximum absolute atomic E-state index is 13.0. The van der Waals surface area contributed by atoms with E-state index in [-0.39, 0.29) is 24.4 Å². The Balaban J connectivity index is 1.37. The van der Waals surface area contributed by atoms with Gasteiger partial charge < -0.3 is 15.4 Å². The lowest BCUT2D eigenvalue weighted by molar-refractivity contribution is -0.136. The molecule has 31 heavy (non-hydrogen) atoms. The van der Waals surface area contributed by atoms with Crippen molar-refractivity contribution in [3.05, 3.63) is 35.9 Å². The van der Waals surface area contributed by atoms with Crippen molar-refractivity contribution in [2.45, 2.75) is 44.2 Å². The van der Waals surface area contributed by atoms with E-state index in [9.17, 15) is 14.4 Å². The van der Waals surface area contributed by atoms with Crippen molar-refractivity contribution in [1.29, 1.82) is 0 Å². The van der Waals surface area contributed by atoms with E-state index < -0.39 is 11.6 Å². The van der Waals surface area contributed by atoms with Crippen molar-refractivity contribution in [3.63, 3.8) is 0 Å². The molecule has 1 spiro atoms. The summed E-state index contributed by atoms with van der Waals surface area (Å²) in [5.74, 6) is -0.0194. The Bertz CT molecular complexity index is 801. The third-order valence-corrected chi connectivity index (χ3v) is 6.84. The SMILES string of the molecule is CC1CCC2(CC1)NC(=O)N(CC(=O)NCC(c1ccccc1)N1CCOCC1)C2=O. The molecule has 2 saturated heterocycles. The lowest BCUT2D eigenvalue weighted by Gasteiger charge is -2.35. The fourth-order valence-corrected chi connectivity index (χ4v) is 4.85. The number of ether oxygens (including phenoxy) is 1. The molecule has 1 aromatic carbocycles. The third-order valence-electron chi connectivity index (χ3n) is 6.84. The Labute approximate surface area is 183 Å². The van der Waals surface area contributed by atoms with Gasteiger partial charge in [-0.15, -0.1) is 0 Å². The number of carbonyl (C=O) groups is 3. The first-order chi connectivity index (χ1) is 15.0. The van der Waals surface area contributed by atoms with Crippen LogP contribution in [0.25, 0.3) is 0 Å². The van der Waals surface area contributed by atoms with Crippen LogP contribution in [-0.4, -0.2) is 72.6 Å². The van der Waals surface area contributed by atoms with Gasteiger partial charge in [-0.1, -0.05) is 37.3 Å². The van der Waals surface area contributed by atoms with Crippen LogP contribution in [-0.2, 0) is 14.3 Å². The molecule has 168 valence electrons. The van der Waals surface area contributed by atoms with Gasteiger partial charge in [0.2, 0.25) is 5.91 Å². The zero-order valence-corrected chi connectivity index (χ0v) is 18.1. The highest BCUT2D eigenvalue weighted by atomic mass is 16.5. The van der Waals surface area contributed by atoms with E-state index in [2.05, 4.69) is 34.6 Å². The summed E-state index contributed by atoms with van der Waals surface area (Å²) in [4.78, 5) is 41.5. The molecule has 4 rings (SSSR count). The van der Waals surface area contributed by atoms with E-state index in [0.29, 0.717) is 38.5 Å². The zero-order chi connectivity index (χ0) is 21.8. The van der Waals surface area contributed by atoms with Crippen molar-refractivity contribution in [3.8, 4) is 0 Å². The molecule has 1 saturated carbocycles. The van der Waals surface area contributed by atoms with Crippen LogP contribution in [0.3, 0.4) is 0 Å². The van der Waals surface area contributed by atoms with Crippen molar-refractivity contribution >= 4 is 17.8 Å². The van der Waals surface area contributed by atoms with Gasteiger partial charge in [0.15, 0.2) is 0 Å². The topological polar surface area (TPSA) is 91.0 Å². The molecule has 3 aliphatic rings. The molecule has 1 atom stereocenters. The molecule has 0 radical (unpaired) electrons. The van der Waals surface area contributed by atoms with Crippen LogP contribution in [0.15, 0.2) is 30.3 Å². The lowest BCUT2D eigenvalue weighted by atomic mass is 9.77. The van der Waals surface area contributed by atoms with E-state index in [1.165, 1.54) is 0 Å². The molecule has 1 aliphatic carbocycles. The number of nitrogens with zero attached hydrogens (tertiary/aromatic N) is 2. The van der Waals surface area contributed by atoms with E-state index >= 15 is 0 Å². The first-order valence-corrected chi connectivity index (χ1v) is 11.3. The molecule has 2 aliphatic heterocycles. The quantitative estimate of drug-likeness (QED) is 0.673. The number of benzene rings is 1. The Morgan fingerprint density at radius 1 is 1.19 bits per heavy atom. The summed E-state index contributed by atoms with van der Waals surface area (Å²) in [5, 5.41) is 5.82. The number of rotatable bonds is 6. The lowest BCUT2D eigenvalue weighted by Crippen LogP contribution is -2.50. The highest BCUT2D eigenvalue weighted by molar-refractivity contribution is 6.09. The molecule has 3 fully saturated rings. The van der Waals surface area contributed by atoms with Crippen LogP contribution in [0.5, 0.6) is 0 Å². The first-order valence-electron chi connectivity index (χ1n) is 11.3. The van der Waals surface area contributed by atoms with E-state index in [0.717, 1.165) is 36.4 Å². The summed E-state index contributed by atoms with van der Waals surface area (Å²) in [6, 6.07) is 9.61. The normalized spacial score (nSPS) is 27.9. The molecule has 2 N–H and O–H groups in total. The summed E-state index contributed by atoms with van der Waals surface area (Å²) in [5.41, 5.74) is 0.305. The van der Waals surface area contributed by atoms with Crippen LogP contribution in [0.2, 0.25) is 0 Å². The number of hydrogen-bond donors (Lipinski definition) is 2. The van der Waals surface area contributed by atoms with E-state index in [1.807, 2.05) is 18.2 Å². The molecule has 4 amide bonds. The van der Waals surface area contributed by atoms with Crippen LogP contribution in [0.4, 0.5) is 4.79 Å². The van der Waals surface area contributed by atoms with Gasteiger partial charge in [0, 0.05) is 19.6 Å². The number of imide groups is 1. The molecule has 0 aromatic heterocycles. The molecular weight excluding hydrogens is 396 g/mol. The number of carbonyl (C=O) groups excluding carboxylic acids is 3. The van der Waals surface area contributed by atoms with Gasteiger partial charge in [-0.2, -0.15) is 0 Å².